The van der Waals surface area contributed by atoms with Crippen LogP contribution < -0.4 is 0 Å². The minimum Gasteiger partial charge on any atom is -0.508 e. The van der Waals surface area contributed by atoms with E-state index in [0.29, 0.717) is 11.3 Å². The number of fused-ring (bicyclic) bond motifs is 1. The number of nitrogens with zero attached hydrogens (tertiary/aromatic N) is 2. The van der Waals surface area contributed by atoms with Crippen molar-refractivity contribution in [2.75, 3.05) is 0 Å². The summed E-state index contributed by atoms with van der Waals surface area (Å²) in [5, 5.41) is 18.7. The lowest BCUT2D eigenvalue weighted by molar-refractivity contribution is 0.0693. The monoisotopic (exact) mass is 268 g/mol. The van der Waals surface area contributed by atoms with E-state index in [4.69, 9.17) is 0 Å². The zero-order valence-corrected chi connectivity index (χ0v) is 10.7. The van der Waals surface area contributed by atoms with Gasteiger partial charge in [-0.25, -0.2) is 9.78 Å². The molecule has 3 aromatic rings. The van der Waals surface area contributed by atoms with Crippen LogP contribution >= 0.6 is 0 Å². The van der Waals surface area contributed by atoms with Crippen LogP contribution in [0.1, 0.15) is 16.1 Å². The molecule has 0 amide bonds. The lowest BCUT2D eigenvalue weighted by Crippen LogP contribution is -1.97. The minimum absolute atomic E-state index is 0.00959. The predicted octanol–water partition coefficient (Wildman–Crippen LogP) is 2.71. The molecule has 0 radical (unpaired) electrons. The number of carbonyl (C=O) groups is 1. The minimum atomic E-state index is -1.12. The van der Waals surface area contributed by atoms with Gasteiger partial charge in [0.05, 0.1) is 5.52 Å². The lowest BCUT2D eigenvalue weighted by Gasteiger charge is -2.02. The molecule has 100 valence electrons. The summed E-state index contributed by atoms with van der Waals surface area (Å²) in [7, 11) is 0. The second-order valence-electron chi connectivity index (χ2n) is 4.60. The molecule has 3 rings (SSSR count). The third-order valence-corrected chi connectivity index (χ3v) is 3.14. The fourth-order valence-corrected chi connectivity index (χ4v) is 2.14. The quantitative estimate of drug-likeness (QED) is 0.749. The van der Waals surface area contributed by atoms with Crippen LogP contribution in [0.5, 0.6) is 5.75 Å². The first-order valence-corrected chi connectivity index (χ1v) is 6.07. The molecule has 0 saturated heterocycles. The number of benzene rings is 1. The van der Waals surface area contributed by atoms with Gasteiger partial charge in [0.1, 0.15) is 11.6 Å². The first kappa shape index (κ1) is 12.2. The highest BCUT2D eigenvalue weighted by molar-refractivity contribution is 5.95. The molecule has 2 N–H and O–H groups in total. The number of aryl methyl sites for hydroxylation is 1. The van der Waals surface area contributed by atoms with Crippen molar-refractivity contribution in [3.05, 3.63) is 53.9 Å². The van der Waals surface area contributed by atoms with Crippen LogP contribution in [-0.4, -0.2) is 25.6 Å². The van der Waals surface area contributed by atoms with Gasteiger partial charge in [0.15, 0.2) is 5.69 Å². The Labute approximate surface area is 114 Å². The number of carboxylic acids is 1. The van der Waals surface area contributed by atoms with Gasteiger partial charge in [-0.3, -0.25) is 4.40 Å². The Morgan fingerprint density at radius 1 is 1.20 bits per heavy atom. The van der Waals surface area contributed by atoms with Crippen LogP contribution in [-0.2, 0) is 0 Å². The highest BCUT2D eigenvalue weighted by Crippen LogP contribution is 2.25. The van der Waals surface area contributed by atoms with E-state index in [-0.39, 0.29) is 11.4 Å². The summed E-state index contributed by atoms with van der Waals surface area (Å²) in [6.07, 6.45) is 1.61. The number of aromatic nitrogens is 2. The van der Waals surface area contributed by atoms with Crippen molar-refractivity contribution in [2.24, 2.45) is 0 Å². The molecule has 2 heterocycles. The Hall–Kier alpha value is -2.82. The van der Waals surface area contributed by atoms with Gasteiger partial charge in [-0.05, 0) is 13.0 Å². The Morgan fingerprint density at radius 2 is 1.90 bits per heavy atom. The maximum absolute atomic E-state index is 11.3. The van der Waals surface area contributed by atoms with E-state index >= 15 is 0 Å². The van der Waals surface area contributed by atoms with Gasteiger partial charge in [0, 0.05) is 17.8 Å². The van der Waals surface area contributed by atoms with Gasteiger partial charge >= 0.3 is 5.97 Å². The number of aromatic hydroxyl groups is 1. The summed E-state index contributed by atoms with van der Waals surface area (Å²) in [6.45, 7) is 1.98. The lowest BCUT2D eigenvalue weighted by atomic mass is 10.1. The maximum atomic E-state index is 11.3. The molecule has 20 heavy (non-hydrogen) atoms. The maximum Gasteiger partial charge on any atom is 0.356 e. The van der Waals surface area contributed by atoms with E-state index < -0.39 is 5.97 Å². The van der Waals surface area contributed by atoms with Crippen molar-refractivity contribution in [1.29, 1.82) is 0 Å². The summed E-state index contributed by atoms with van der Waals surface area (Å²) >= 11 is 0. The fourth-order valence-electron chi connectivity index (χ4n) is 2.14. The van der Waals surface area contributed by atoms with Gasteiger partial charge in [0.25, 0.3) is 0 Å². The highest BCUT2D eigenvalue weighted by atomic mass is 16.4. The molecule has 2 aromatic heterocycles. The van der Waals surface area contributed by atoms with Gasteiger partial charge in [-0.1, -0.05) is 29.8 Å². The number of rotatable bonds is 2. The highest BCUT2D eigenvalue weighted by Gasteiger charge is 2.17. The van der Waals surface area contributed by atoms with E-state index in [1.807, 2.05) is 31.2 Å². The van der Waals surface area contributed by atoms with Crippen molar-refractivity contribution < 1.29 is 15.0 Å². The average molecular weight is 268 g/mol. The molecule has 0 fully saturated rings. The van der Waals surface area contributed by atoms with E-state index in [9.17, 15) is 15.0 Å². The van der Waals surface area contributed by atoms with E-state index in [2.05, 4.69) is 4.98 Å². The Kier molecular flexibility index (Phi) is 2.68. The molecule has 5 nitrogen and oxygen atoms in total. The molecule has 5 heteroatoms. The normalized spacial score (nSPS) is 10.8. The van der Waals surface area contributed by atoms with Crippen LogP contribution in [0.15, 0.2) is 42.6 Å². The third-order valence-electron chi connectivity index (χ3n) is 3.14. The Balaban J connectivity index is 2.31. The molecule has 0 bridgehead atoms. The SMILES string of the molecule is Cc1ccc(-c2nc(C(=O)O)c3cc(O)ccn23)cc1. The number of hydrogen-bond acceptors (Lipinski definition) is 3. The zero-order chi connectivity index (χ0) is 14.3. The first-order chi connectivity index (χ1) is 9.56. The molecular formula is C15H12N2O3. The van der Waals surface area contributed by atoms with Crippen LogP contribution in [0.4, 0.5) is 0 Å². The van der Waals surface area contributed by atoms with E-state index in [1.54, 1.807) is 10.6 Å². The molecule has 0 aliphatic carbocycles. The van der Waals surface area contributed by atoms with Crippen LogP contribution in [0.3, 0.4) is 0 Å². The Morgan fingerprint density at radius 3 is 2.55 bits per heavy atom. The van der Waals surface area contributed by atoms with E-state index in [1.165, 1.54) is 12.1 Å². The van der Waals surface area contributed by atoms with Crippen LogP contribution in [0, 0.1) is 6.92 Å². The van der Waals surface area contributed by atoms with Crippen molar-refractivity contribution in [2.45, 2.75) is 6.92 Å². The summed E-state index contributed by atoms with van der Waals surface area (Å²) < 4.78 is 1.66. The molecule has 0 aliphatic rings. The van der Waals surface area contributed by atoms with Gasteiger partial charge in [0.2, 0.25) is 0 Å². The molecular weight excluding hydrogens is 256 g/mol. The van der Waals surface area contributed by atoms with Gasteiger partial charge in [-0.2, -0.15) is 0 Å². The molecule has 0 aliphatic heterocycles. The van der Waals surface area contributed by atoms with Crippen molar-refractivity contribution in [1.82, 2.24) is 9.38 Å². The largest absolute Gasteiger partial charge is 0.508 e. The van der Waals surface area contributed by atoms with Crippen LogP contribution in [0.2, 0.25) is 0 Å². The van der Waals surface area contributed by atoms with Crippen molar-refractivity contribution in [3.8, 4) is 17.1 Å². The zero-order valence-electron chi connectivity index (χ0n) is 10.7. The van der Waals surface area contributed by atoms with Crippen molar-refractivity contribution in [3.63, 3.8) is 0 Å². The molecule has 0 spiro atoms. The molecule has 0 atom stereocenters. The summed E-state index contributed by atoms with van der Waals surface area (Å²) in [4.78, 5) is 15.4. The molecule has 0 saturated carbocycles. The average Bonchev–Trinajstić information content (AvgIpc) is 2.78. The number of aromatic carboxylic acids is 1. The van der Waals surface area contributed by atoms with Crippen LogP contribution in [0.25, 0.3) is 16.9 Å². The summed E-state index contributed by atoms with van der Waals surface area (Å²) in [6, 6.07) is 10.6. The standard InChI is InChI=1S/C15H12N2O3/c1-9-2-4-10(5-3-9)14-16-13(15(19)20)12-8-11(18)6-7-17(12)14/h2-8,18H,1H3,(H,19,20). The number of imidazole rings is 1. The van der Waals surface area contributed by atoms with E-state index in [0.717, 1.165) is 11.1 Å². The Bertz CT molecular complexity index is 804. The fraction of sp³-hybridized carbons (Fsp3) is 0.0667. The van der Waals surface area contributed by atoms with Gasteiger partial charge < -0.3 is 10.2 Å². The molecule has 1 aromatic carbocycles. The number of pyridine rings is 1. The number of hydrogen-bond donors (Lipinski definition) is 2. The first-order valence-electron chi connectivity index (χ1n) is 6.07. The second-order valence-corrected chi connectivity index (χ2v) is 4.60. The summed E-state index contributed by atoms with van der Waals surface area (Å²) in [5.41, 5.74) is 2.24. The molecule has 0 unspecified atom stereocenters. The smallest absolute Gasteiger partial charge is 0.356 e. The predicted molar refractivity (Wildman–Crippen MR) is 74.0 cm³/mol. The van der Waals surface area contributed by atoms with Crippen molar-refractivity contribution >= 4 is 11.5 Å². The third kappa shape index (κ3) is 1.89. The number of carboxylic acid groups (broad SMARTS) is 1. The summed E-state index contributed by atoms with van der Waals surface area (Å²) in [5.74, 6) is -0.570. The van der Waals surface area contributed by atoms with Gasteiger partial charge in [-0.15, -0.1) is 0 Å². The second kappa shape index (κ2) is 4.38. The topological polar surface area (TPSA) is 74.8 Å².